The number of hydrogen-bond acceptors (Lipinski definition) is 4. The minimum atomic E-state index is -0.664. The molecule has 0 fully saturated rings. The second kappa shape index (κ2) is 6.48. The highest BCUT2D eigenvalue weighted by Crippen LogP contribution is 2.26. The summed E-state index contributed by atoms with van der Waals surface area (Å²) in [7, 11) is 0. The maximum atomic E-state index is 13.7. The molecule has 0 N–H and O–H groups in total. The number of pyridine rings is 1. The molecule has 0 atom stereocenters. The van der Waals surface area contributed by atoms with E-state index in [1.54, 1.807) is 24.4 Å². The van der Waals surface area contributed by atoms with Crippen molar-refractivity contribution < 1.29 is 13.5 Å². The standard InChI is InChI=1S/C17H13F2N3O/c1-2-12-10-16(23-15-9-11(18)6-7-13(15)19)22-17(21-12)14-5-3-4-8-20-14/h3-10H,2H2,1H3. The average Bonchev–Trinajstić information content (AvgIpc) is 2.58. The van der Waals surface area contributed by atoms with Gasteiger partial charge >= 0.3 is 0 Å². The zero-order valence-corrected chi connectivity index (χ0v) is 12.3. The first-order chi connectivity index (χ1) is 11.2. The third-order valence-corrected chi connectivity index (χ3v) is 3.12. The Bertz CT molecular complexity index is 825. The van der Waals surface area contributed by atoms with E-state index >= 15 is 0 Å². The van der Waals surface area contributed by atoms with Crippen molar-refractivity contribution in [2.24, 2.45) is 0 Å². The third kappa shape index (κ3) is 3.48. The monoisotopic (exact) mass is 313 g/mol. The van der Waals surface area contributed by atoms with Gasteiger partial charge in [-0.25, -0.2) is 13.8 Å². The summed E-state index contributed by atoms with van der Waals surface area (Å²) in [5.41, 5.74) is 1.29. The predicted octanol–water partition coefficient (Wildman–Crippen LogP) is 4.17. The van der Waals surface area contributed by atoms with E-state index in [4.69, 9.17) is 4.74 Å². The lowest BCUT2D eigenvalue weighted by atomic mass is 10.3. The van der Waals surface area contributed by atoms with Crippen LogP contribution in [0.25, 0.3) is 11.5 Å². The van der Waals surface area contributed by atoms with Crippen LogP contribution in [0.4, 0.5) is 8.78 Å². The molecule has 0 saturated heterocycles. The topological polar surface area (TPSA) is 47.9 Å². The van der Waals surface area contributed by atoms with Gasteiger partial charge in [-0.1, -0.05) is 13.0 Å². The summed E-state index contributed by atoms with van der Waals surface area (Å²) >= 11 is 0. The number of nitrogens with zero attached hydrogens (tertiary/aromatic N) is 3. The smallest absolute Gasteiger partial charge is 0.223 e. The molecule has 2 aromatic heterocycles. The molecule has 6 heteroatoms. The SMILES string of the molecule is CCc1cc(Oc2cc(F)ccc2F)nc(-c2ccccn2)n1. The van der Waals surface area contributed by atoms with Crippen LogP contribution < -0.4 is 4.74 Å². The van der Waals surface area contributed by atoms with Gasteiger partial charge in [0.1, 0.15) is 11.5 Å². The Morgan fingerprint density at radius 3 is 2.65 bits per heavy atom. The number of aryl methyl sites for hydroxylation is 1. The predicted molar refractivity (Wildman–Crippen MR) is 81.1 cm³/mol. The van der Waals surface area contributed by atoms with Crippen molar-refractivity contribution in [3.05, 3.63) is 66.0 Å². The summed E-state index contributed by atoms with van der Waals surface area (Å²) in [6.07, 6.45) is 2.27. The first kappa shape index (κ1) is 15.0. The summed E-state index contributed by atoms with van der Waals surface area (Å²) in [4.78, 5) is 12.8. The van der Waals surface area contributed by atoms with Gasteiger partial charge in [-0.05, 0) is 30.7 Å². The van der Waals surface area contributed by atoms with Crippen LogP contribution >= 0.6 is 0 Å². The molecule has 3 rings (SSSR count). The van der Waals surface area contributed by atoms with Crippen molar-refractivity contribution in [1.29, 1.82) is 0 Å². The fraction of sp³-hybridized carbons (Fsp3) is 0.118. The highest BCUT2D eigenvalue weighted by atomic mass is 19.1. The van der Waals surface area contributed by atoms with Crippen LogP contribution in [0.2, 0.25) is 0 Å². The van der Waals surface area contributed by atoms with Gasteiger partial charge in [-0.2, -0.15) is 4.98 Å². The highest BCUT2D eigenvalue weighted by Gasteiger charge is 2.11. The summed E-state index contributed by atoms with van der Waals surface area (Å²) in [6.45, 7) is 1.93. The molecule has 3 aromatic rings. The number of halogens is 2. The Hall–Kier alpha value is -2.89. The van der Waals surface area contributed by atoms with Gasteiger partial charge in [-0.15, -0.1) is 0 Å². The second-order valence-corrected chi connectivity index (χ2v) is 4.77. The largest absolute Gasteiger partial charge is 0.436 e. The summed E-state index contributed by atoms with van der Waals surface area (Å²) in [6, 6.07) is 9.97. The van der Waals surface area contributed by atoms with Gasteiger partial charge < -0.3 is 4.74 Å². The van der Waals surface area contributed by atoms with Gasteiger partial charge in [0, 0.05) is 24.0 Å². The number of aromatic nitrogens is 3. The molecule has 0 saturated carbocycles. The van der Waals surface area contributed by atoms with E-state index in [9.17, 15) is 8.78 Å². The molecule has 0 bridgehead atoms. The molecule has 1 aromatic carbocycles. The van der Waals surface area contributed by atoms with Crippen LogP contribution in [0.3, 0.4) is 0 Å². The van der Waals surface area contributed by atoms with Gasteiger partial charge in [0.05, 0.1) is 0 Å². The first-order valence-electron chi connectivity index (χ1n) is 7.08. The van der Waals surface area contributed by atoms with Crippen molar-refractivity contribution in [1.82, 2.24) is 15.0 Å². The van der Waals surface area contributed by atoms with Crippen molar-refractivity contribution >= 4 is 0 Å². The fourth-order valence-electron chi connectivity index (χ4n) is 1.98. The molecule has 116 valence electrons. The Balaban J connectivity index is 2.00. The van der Waals surface area contributed by atoms with Crippen LogP contribution in [0.1, 0.15) is 12.6 Å². The molecule has 2 heterocycles. The molecular weight excluding hydrogens is 300 g/mol. The van der Waals surface area contributed by atoms with Crippen LogP contribution in [0, 0.1) is 11.6 Å². The molecule has 0 spiro atoms. The third-order valence-electron chi connectivity index (χ3n) is 3.12. The lowest BCUT2D eigenvalue weighted by Gasteiger charge is -2.09. The Kier molecular flexibility index (Phi) is 4.23. The molecule has 0 amide bonds. The quantitative estimate of drug-likeness (QED) is 0.725. The number of rotatable bonds is 4. The van der Waals surface area contributed by atoms with Crippen LogP contribution in [-0.2, 0) is 6.42 Å². The van der Waals surface area contributed by atoms with Gasteiger partial charge in [0.2, 0.25) is 5.88 Å². The minimum absolute atomic E-state index is 0.141. The lowest BCUT2D eigenvalue weighted by Crippen LogP contribution is -2.00. The Labute approximate surface area is 131 Å². The lowest BCUT2D eigenvalue weighted by molar-refractivity contribution is 0.421. The average molecular weight is 313 g/mol. The maximum absolute atomic E-state index is 13.7. The van der Waals surface area contributed by atoms with Gasteiger partial charge in [0.25, 0.3) is 0 Å². The highest BCUT2D eigenvalue weighted by molar-refractivity contribution is 5.50. The van der Waals surface area contributed by atoms with Crippen LogP contribution in [-0.4, -0.2) is 15.0 Å². The van der Waals surface area contributed by atoms with E-state index in [0.29, 0.717) is 23.6 Å². The van der Waals surface area contributed by atoms with E-state index in [1.807, 2.05) is 13.0 Å². The molecule has 0 aliphatic carbocycles. The van der Waals surface area contributed by atoms with Crippen LogP contribution in [0.5, 0.6) is 11.6 Å². The molecule has 0 radical (unpaired) electrons. The molecule has 23 heavy (non-hydrogen) atoms. The first-order valence-corrected chi connectivity index (χ1v) is 7.08. The van der Waals surface area contributed by atoms with E-state index in [2.05, 4.69) is 15.0 Å². The summed E-state index contributed by atoms with van der Waals surface area (Å²) in [5.74, 6) is -0.963. The zero-order chi connectivity index (χ0) is 16.2. The van der Waals surface area contributed by atoms with Crippen LogP contribution in [0.15, 0.2) is 48.7 Å². The summed E-state index contributed by atoms with van der Waals surface area (Å²) in [5, 5.41) is 0. The van der Waals surface area contributed by atoms with Crippen molar-refractivity contribution in [2.45, 2.75) is 13.3 Å². The fourth-order valence-corrected chi connectivity index (χ4v) is 1.98. The van der Waals surface area contributed by atoms with Crippen molar-refractivity contribution in [3.8, 4) is 23.1 Å². The molecule has 0 aliphatic heterocycles. The normalized spacial score (nSPS) is 10.6. The molecule has 0 aliphatic rings. The van der Waals surface area contributed by atoms with Crippen molar-refractivity contribution in [2.75, 3.05) is 0 Å². The maximum Gasteiger partial charge on any atom is 0.223 e. The van der Waals surface area contributed by atoms with Crippen molar-refractivity contribution in [3.63, 3.8) is 0 Å². The Morgan fingerprint density at radius 1 is 1.04 bits per heavy atom. The van der Waals surface area contributed by atoms with Gasteiger partial charge in [0.15, 0.2) is 17.4 Å². The summed E-state index contributed by atoms with van der Waals surface area (Å²) < 4.78 is 32.4. The van der Waals surface area contributed by atoms with E-state index in [1.165, 1.54) is 0 Å². The number of ether oxygens (including phenoxy) is 1. The number of benzene rings is 1. The van der Waals surface area contributed by atoms with E-state index in [-0.39, 0.29) is 11.6 Å². The minimum Gasteiger partial charge on any atom is -0.436 e. The second-order valence-electron chi connectivity index (χ2n) is 4.77. The Morgan fingerprint density at radius 2 is 1.91 bits per heavy atom. The zero-order valence-electron chi connectivity index (χ0n) is 12.3. The number of hydrogen-bond donors (Lipinski definition) is 0. The van der Waals surface area contributed by atoms with E-state index < -0.39 is 11.6 Å². The molecular formula is C17H13F2N3O. The van der Waals surface area contributed by atoms with E-state index in [0.717, 1.165) is 18.2 Å². The van der Waals surface area contributed by atoms with Gasteiger partial charge in [-0.3, -0.25) is 4.98 Å². The molecule has 0 unspecified atom stereocenters. The molecule has 4 nitrogen and oxygen atoms in total.